The van der Waals surface area contributed by atoms with Gasteiger partial charge in [0.1, 0.15) is 0 Å². The first kappa shape index (κ1) is 23.0. The van der Waals surface area contributed by atoms with Gasteiger partial charge < -0.3 is 21.7 Å². The van der Waals surface area contributed by atoms with E-state index in [1.807, 2.05) is 58.3 Å². The van der Waals surface area contributed by atoms with E-state index in [2.05, 4.69) is 5.32 Å². The molecule has 0 bridgehead atoms. The lowest BCUT2D eigenvalue weighted by molar-refractivity contribution is -0.135. The smallest absolute Gasteiger partial charge is 0.240 e. The summed E-state index contributed by atoms with van der Waals surface area (Å²) in [5.41, 5.74) is 13.3. The third kappa shape index (κ3) is 4.63. The van der Waals surface area contributed by atoms with Crippen LogP contribution in [0.25, 0.3) is 0 Å². The molecule has 3 atom stereocenters. The summed E-state index contributed by atoms with van der Waals surface area (Å²) in [4.78, 5) is 28.6. The number of piperazine rings is 1. The van der Waals surface area contributed by atoms with Crippen molar-refractivity contribution >= 4 is 35.0 Å². The maximum Gasteiger partial charge on any atom is 0.240 e. The maximum absolute atomic E-state index is 13.6. The van der Waals surface area contributed by atoms with E-state index in [0.717, 1.165) is 11.1 Å². The molecule has 4 rings (SSSR count). The van der Waals surface area contributed by atoms with Crippen LogP contribution in [-0.4, -0.2) is 66.9 Å². The third-order valence-corrected chi connectivity index (χ3v) is 6.91. The van der Waals surface area contributed by atoms with Gasteiger partial charge in [-0.1, -0.05) is 47.5 Å². The maximum atomic E-state index is 13.6. The number of nitrogens with one attached hydrogen (secondary N) is 1. The van der Waals surface area contributed by atoms with Crippen LogP contribution in [0.5, 0.6) is 0 Å². The van der Waals surface area contributed by atoms with Gasteiger partial charge in [0.2, 0.25) is 11.8 Å². The van der Waals surface area contributed by atoms with Gasteiger partial charge in [-0.05, 0) is 35.4 Å². The Kier molecular flexibility index (Phi) is 6.74. The van der Waals surface area contributed by atoms with Crippen LogP contribution in [-0.2, 0) is 15.1 Å². The molecule has 0 aliphatic carbocycles. The van der Waals surface area contributed by atoms with Crippen LogP contribution in [0.2, 0.25) is 10.0 Å². The first-order chi connectivity index (χ1) is 15.3. The highest BCUT2D eigenvalue weighted by atomic mass is 35.5. The van der Waals surface area contributed by atoms with E-state index in [-0.39, 0.29) is 24.3 Å². The van der Waals surface area contributed by atoms with Crippen LogP contribution in [0.4, 0.5) is 0 Å². The predicted molar refractivity (Wildman–Crippen MR) is 126 cm³/mol. The largest absolute Gasteiger partial charge is 0.369 e. The molecule has 2 aliphatic heterocycles. The van der Waals surface area contributed by atoms with Crippen LogP contribution in [0.15, 0.2) is 48.5 Å². The molecule has 2 saturated heterocycles. The SMILES string of the molecule is NC(=O)CN1CCN(C(=O)[C@@H]2NC[C@](N)(c3ccc(Cl)cc3)[C@H]2c2cccc(Cl)c2)CC1. The Hall–Kier alpha value is -2.16. The van der Waals surface area contributed by atoms with Crippen molar-refractivity contribution in [1.29, 1.82) is 0 Å². The number of carbonyl (C=O) groups excluding carboxylic acids is 2. The first-order valence-corrected chi connectivity index (χ1v) is 11.4. The highest BCUT2D eigenvalue weighted by molar-refractivity contribution is 6.30. The number of halogens is 2. The lowest BCUT2D eigenvalue weighted by Crippen LogP contribution is -2.55. The van der Waals surface area contributed by atoms with Gasteiger partial charge in [-0.2, -0.15) is 0 Å². The number of hydrogen-bond acceptors (Lipinski definition) is 5. The number of rotatable bonds is 5. The van der Waals surface area contributed by atoms with Crippen molar-refractivity contribution in [3.05, 3.63) is 69.7 Å². The molecule has 2 fully saturated rings. The van der Waals surface area contributed by atoms with E-state index in [0.29, 0.717) is 42.8 Å². The predicted octanol–water partition coefficient (Wildman–Crippen LogP) is 1.53. The molecule has 0 unspecified atom stereocenters. The fourth-order valence-corrected chi connectivity index (χ4v) is 5.13. The second-order valence-corrected chi connectivity index (χ2v) is 9.38. The zero-order chi connectivity index (χ0) is 22.9. The molecule has 0 saturated carbocycles. The summed E-state index contributed by atoms with van der Waals surface area (Å²) >= 11 is 12.4. The Morgan fingerprint density at radius 2 is 1.72 bits per heavy atom. The minimum atomic E-state index is -0.816. The van der Waals surface area contributed by atoms with E-state index in [1.165, 1.54) is 0 Å². The topological polar surface area (TPSA) is 105 Å². The Labute approximate surface area is 197 Å². The van der Waals surface area contributed by atoms with Gasteiger partial charge in [0.25, 0.3) is 0 Å². The number of nitrogens with two attached hydrogens (primary N) is 2. The zero-order valence-corrected chi connectivity index (χ0v) is 19.1. The monoisotopic (exact) mass is 475 g/mol. The van der Waals surface area contributed by atoms with Crippen LogP contribution in [0, 0.1) is 0 Å². The molecular formula is C23H27Cl2N5O2. The zero-order valence-electron chi connectivity index (χ0n) is 17.6. The number of amides is 2. The number of nitrogens with zero attached hydrogens (tertiary/aromatic N) is 2. The highest BCUT2D eigenvalue weighted by Crippen LogP contribution is 2.42. The van der Waals surface area contributed by atoms with E-state index in [1.54, 1.807) is 0 Å². The Morgan fingerprint density at radius 3 is 2.34 bits per heavy atom. The molecule has 2 aromatic carbocycles. The average Bonchev–Trinajstić information content (AvgIpc) is 3.12. The van der Waals surface area contributed by atoms with Crippen molar-refractivity contribution in [2.24, 2.45) is 11.5 Å². The summed E-state index contributed by atoms with van der Waals surface area (Å²) in [5.74, 6) is -0.687. The molecule has 9 heteroatoms. The summed E-state index contributed by atoms with van der Waals surface area (Å²) in [6.45, 7) is 2.92. The molecule has 2 heterocycles. The summed E-state index contributed by atoms with van der Waals surface area (Å²) in [6, 6.07) is 14.5. The van der Waals surface area contributed by atoms with Crippen LogP contribution < -0.4 is 16.8 Å². The van der Waals surface area contributed by atoms with E-state index in [9.17, 15) is 9.59 Å². The fourth-order valence-electron chi connectivity index (χ4n) is 4.81. The molecule has 0 radical (unpaired) electrons. The molecule has 0 spiro atoms. The molecule has 170 valence electrons. The van der Waals surface area contributed by atoms with Gasteiger partial charge in [-0.15, -0.1) is 0 Å². The van der Waals surface area contributed by atoms with E-state index >= 15 is 0 Å². The van der Waals surface area contributed by atoms with Gasteiger partial charge in [0, 0.05) is 48.7 Å². The molecule has 7 nitrogen and oxygen atoms in total. The summed E-state index contributed by atoms with van der Waals surface area (Å²) in [5, 5.41) is 4.61. The average molecular weight is 476 g/mol. The second kappa shape index (κ2) is 9.37. The molecule has 32 heavy (non-hydrogen) atoms. The number of primary amides is 1. The van der Waals surface area contributed by atoms with Crippen LogP contribution >= 0.6 is 23.2 Å². The number of hydrogen-bond donors (Lipinski definition) is 3. The van der Waals surface area contributed by atoms with Gasteiger partial charge in [-0.25, -0.2) is 0 Å². The molecule has 2 amide bonds. The van der Waals surface area contributed by atoms with Crippen molar-refractivity contribution in [3.8, 4) is 0 Å². The Morgan fingerprint density at radius 1 is 1.03 bits per heavy atom. The standard InChI is InChI=1S/C23H27Cl2N5O2/c24-17-6-4-16(5-7-17)23(27)14-28-21(20(23)15-2-1-3-18(25)12-15)22(32)30-10-8-29(9-11-30)13-19(26)31/h1-7,12,20-21,28H,8-11,13-14,27H2,(H2,26,31)/t20-,21+,23-/m0/s1. The molecule has 0 aromatic heterocycles. The van der Waals surface area contributed by atoms with Gasteiger partial charge in [0.15, 0.2) is 0 Å². The van der Waals surface area contributed by atoms with Crippen molar-refractivity contribution in [2.45, 2.75) is 17.5 Å². The normalized spacial score (nSPS) is 26.3. The van der Waals surface area contributed by atoms with Crippen LogP contribution in [0.1, 0.15) is 17.0 Å². The first-order valence-electron chi connectivity index (χ1n) is 10.6. The van der Waals surface area contributed by atoms with Crippen molar-refractivity contribution in [1.82, 2.24) is 15.1 Å². The van der Waals surface area contributed by atoms with Gasteiger partial charge in [0.05, 0.1) is 18.1 Å². The molecular weight excluding hydrogens is 449 g/mol. The molecule has 5 N–H and O–H groups in total. The molecule has 2 aliphatic rings. The van der Waals surface area contributed by atoms with Crippen molar-refractivity contribution in [2.75, 3.05) is 39.3 Å². The minimum Gasteiger partial charge on any atom is -0.369 e. The van der Waals surface area contributed by atoms with E-state index in [4.69, 9.17) is 34.7 Å². The second-order valence-electron chi connectivity index (χ2n) is 8.51. The summed E-state index contributed by atoms with van der Waals surface area (Å²) < 4.78 is 0. The fraction of sp³-hybridized carbons (Fsp3) is 0.391. The highest BCUT2D eigenvalue weighted by Gasteiger charge is 2.51. The lowest BCUT2D eigenvalue weighted by Gasteiger charge is -2.38. The number of benzene rings is 2. The number of carbonyl (C=O) groups is 2. The van der Waals surface area contributed by atoms with Crippen LogP contribution in [0.3, 0.4) is 0 Å². The Balaban J connectivity index is 1.62. The van der Waals surface area contributed by atoms with Gasteiger partial charge in [-0.3, -0.25) is 14.5 Å². The summed E-state index contributed by atoms with van der Waals surface area (Å²) in [7, 11) is 0. The lowest BCUT2D eigenvalue weighted by atomic mass is 9.74. The quantitative estimate of drug-likeness (QED) is 0.607. The van der Waals surface area contributed by atoms with E-state index < -0.39 is 11.6 Å². The van der Waals surface area contributed by atoms with Crippen molar-refractivity contribution in [3.63, 3.8) is 0 Å². The summed E-state index contributed by atoms with van der Waals surface area (Å²) in [6.07, 6.45) is 0. The minimum absolute atomic E-state index is 0.00464. The van der Waals surface area contributed by atoms with Crippen molar-refractivity contribution < 1.29 is 9.59 Å². The third-order valence-electron chi connectivity index (χ3n) is 6.42. The molecule has 2 aromatic rings. The Bertz CT molecular complexity index is 994. The van der Waals surface area contributed by atoms with Gasteiger partial charge >= 0.3 is 0 Å².